The third-order valence-corrected chi connectivity index (χ3v) is 4.36. The first-order chi connectivity index (χ1) is 11.1. The standard InChI is InChI=1S/C17H22N4O2/c18-17(23)5-4-15-12-20(14-6-7-19-11-14)8-9-21(15)13-2-1-3-16(22)10-13/h1-3,6,10-11,15,22H,4-5,7-9,12H2,(H2,18,23). The Kier molecular flexibility index (Phi) is 4.50. The highest BCUT2D eigenvalue weighted by atomic mass is 16.3. The minimum Gasteiger partial charge on any atom is -0.508 e. The van der Waals surface area contributed by atoms with Gasteiger partial charge < -0.3 is 20.6 Å². The molecule has 3 rings (SSSR count). The predicted octanol–water partition coefficient (Wildman–Crippen LogP) is 1.12. The zero-order valence-electron chi connectivity index (χ0n) is 13.1. The average Bonchev–Trinajstić information content (AvgIpc) is 3.07. The van der Waals surface area contributed by atoms with Crippen molar-refractivity contribution in [3.63, 3.8) is 0 Å². The lowest BCUT2D eigenvalue weighted by Gasteiger charge is -2.44. The van der Waals surface area contributed by atoms with E-state index in [4.69, 9.17) is 5.73 Å². The van der Waals surface area contributed by atoms with Gasteiger partial charge in [-0.1, -0.05) is 6.07 Å². The van der Waals surface area contributed by atoms with Crippen molar-refractivity contribution in [2.45, 2.75) is 18.9 Å². The number of aromatic hydroxyl groups is 1. The van der Waals surface area contributed by atoms with Crippen LogP contribution >= 0.6 is 0 Å². The minimum absolute atomic E-state index is 0.174. The van der Waals surface area contributed by atoms with Crippen molar-refractivity contribution in [1.82, 2.24) is 4.90 Å². The summed E-state index contributed by atoms with van der Waals surface area (Å²) in [7, 11) is 0. The summed E-state index contributed by atoms with van der Waals surface area (Å²) in [5.41, 5.74) is 7.47. The second-order valence-electron chi connectivity index (χ2n) is 5.94. The summed E-state index contributed by atoms with van der Waals surface area (Å²) in [5, 5.41) is 9.73. The molecule has 1 unspecified atom stereocenters. The fourth-order valence-corrected chi connectivity index (χ4v) is 3.21. The van der Waals surface area contributed by atoms with Gasteiger partial charge in [-0.2, -0.15) is 0 Å². The number of piperazine rings is 1. The molecular formula is C17H22N4O2. The molecule has 122 valence electrons. The van der Waals surface area contributed by atoms with E-state index in [9.17, 15) is 9.90 Å². The van der Waals surface area contributed by atoms with Crippen molar-refractivity contribution in [1.29, 1.82) is 0 Å². The highest BCUT2D eigenvalue weighted by Crippen LogP contribution is 2.27. The number of nitrogens with zero attached hydrogens (tertiary/aromatic N) is 3. The molecule has 6 nitrogen and oxygen atoms in total. The van der Waals surface area contributed by atoms with Gasteiger partial charge in [-0.05, 0) is 24.6 Å². The Bertz CT molecular complexity index is 641. The Morgan fingerprint density at radius 3 is 2.96 bits per heavy atom. The van der Waals surface area contributed by atoms with Crippen molar-refractivity contribution < 1.29 is 9.90 Å². The molecule has 2 aliphatic rings. The van der Waals surface area contributed by atoms with E-state index in [1.807, 2.05) is 18.3 Å². The molecule has 1 aromatic rings. The lowest BCUT2D eigenvalue weighted by Crippen LogP contribution is -2.53. The molecule has 0 radical (unpaired) electrons. The third-order valence-electron chi connectivity index (χ3n) is 4.36. The van der Waals surface area contributed by atoms with E-state index in [0.717, 1.165) is 37.6 Å². The number of benzene rings is 1. The Morgan fingerprint density at radius 1 is 1.39 bits per heavy atom. The number of primary amides is 1. The number of phenols is 1. The van der Waals surface area contributed by atoms with Crippen LogP contribution in [0.25, 0.3) is 0 Å². The van der Waals surface area contributed by atoms with E-state index in [2.05, 4.69) is 20.9 Å². The number of allylic oxidation sites excluding steroid dienone is 1. The van der Waals surface area contributed by atoms with Crippen molar-refractivity contribution in [3.8, 4) is 5.75 Å². The van der Waals surface area contributed by atoms with Crippen LogP contribution in [0.3, 0.4) is 0 Å². The van der Waals surface area contributed by atoms with Gasteiger partial charge >= 0.3 is 0 Å². The second-order valence-corrected chi connectivity index (χ2v) is 5.94. The summed E-state index contributed by atoms with van der Waals surface area (Å²) in [6.07, 6.45) is 5.09. The van der Waals surface area contributed by atoms with E-state index in [1.54, 1.807) is 12.1 Å². The smallest absolute Gasteiger partial charge is 0.217 e. The fourth-order valence-electron chi connectivity index (χ4n) is 3.21. The summed E-state index contributed by atoms with van der Waals surface area (Å²) in [6, 6.07) is 7.44. The van der Waals surface area contributed by atoms with Crippen LogP contribution in [-0.2, 0) is 4.79 Å². The monoisotopic (exact) mass is 314 g/mol. The van der Waals surface area contributed by atoms with Crippen molar-refractivity contribution in [2.75, 3.05) is 31.1 Å². The quantitative estimate of drug-likeness (QED) is 0.853. The number of hydrogen-bond donors (Lipinski definition) is 2. The van der Waals surface area contributed by atoms with Crippen LogP contribution in [0.4, 0.5) is 5.69 Å². The van der Waals surface area contributed by atoms with Crippen LogP contribution in [-0.4, -0.2) is 54.3 Å². The number of nitrogens with two attached hydrogens (primary N) is 1. The normalized spacial score (nSPS) is 20.7. The van der Waals surface area contributed by atoms with Crippen molar-refractivity contribution >= 4 is 17.8 Å². The van der Waals surface area contributed by atoms with Crippen molar-refractivity contribution in [3.05, 3.63) is 36.0 Å². The summed E-state index contributed by atoms with van der Waals surface area (Å²) in [6.45, 7) is 3.29. The molecule has 1 amide bonds. The molecule has 0 aliphatic carbocycles. The van der Waals surface area contributed by atoms with E-state index < -0.39 is 0 Å². The van der Waals surface area contributed by atoms with Crippen LogP contribution in [0.5, 0.6) is 5.75 Å². The highest BCUT2D eigenvalue weighted by molar-refractivity contribution is 5.80. The first kappa shape index (κ1) is 15.4. The lowest BCUT2D eigenvalue weighted by atomic mass is 10.0. The zero-order chi connectivity index (χ0) is 16.2. The molecule has 0 saturated carbocycles. The number of rotatable bonds is 5. The second kappa shape index (κ2) is 6.73. The number of aliphatic imine (C=N–C) groups is 1. The molecule has 2 heterocycles. The predicted molar refractivity (Wildman–Crippen MR) is 90.7 cm³/mol. The number of carbonyl (C=O) groups excluding carboxylic acids is 1. The number of carbonyl (C=O) groups is 1. The SMILES string of the molecule is NC(=O)CCC1CN(C2=CCN=C2)CCN1c1cccc(O)c1. The largest absolute Gasteiger partial charge is 0.508 e. The van der Waals surface area contributed by atoms with Gasteiger partial charge in [0.1, 0.15) is 5.75 Å². The molecule has 0 bridgehead atoms. The fraction of sp³-hybridized carbons (Fsp3) is 0.412. The molecule has 1 fully saturated rings. The molecule has 1 saturated heterocycles. The molecular weight excluding hydrogens is 292 g/mol. The van der Waals surface area contributed by atoms with Crippen LogP contribution in [0.1, 0.15) is 12.8 Å². The van der Waals surface area contributed by atoms with Gasteiger partial charge in [0.25, 0.3) is 0 Å². The molecule has 23 heavy (non-hydrogen) atoms. The lowest BCUT2D eigenvalue weighted by molar-refractivity contribution is -0.118. The zero-order valence-corrected chi connectivity index (χ0v) is 13.1. The molecule has 1 atom stereocenters. The van der Waals surface area contributed by atoms with Gasteiger partial charge in [0.15, 0.2) is 0 Å². The van der Waals surface area contributed by atoms with Gasteiger partial charge in [-0.3, -0.25) is 9.79 Å². The van der Waals surface area contributed by atoms with Gasteiger partial charge in [-0.15, -0.1) is 0 Å². The van der Waals surface area contributed by atoms with E-state index in [-0.39, 0.29) is 17.7 Å². The number of anilines is 1. The Hall–Kier alpha value is -2.50. The molecule has 0 aromatic heterocycles. The molecule has 0 spiro atoms. The maximum Gasteiger partial charge on any atom is 0.217 e. The van der Waals surface area contributed by atoms with Gasteiger partial charge in [0, 0.05) is 50.1 Å². The summed E-state index contributed by atoms with van der Waals surface area (Å²) in [4.78, 5) is 20.0. The van der Waals surface area contributed by atoms with Gasteiger partial charge in [0.2, 0.25) is 5.91 Å². The molecule has 6 heteroatoms. The van der Waals surface area contributed by atoms with Crippen LogP contribution < -0.4 is 10.6 Å². The van der Waals surface area contributed by atoms with Crippen LogP contribution in [0.15, 0.2) is 41.0 Å². The van der Waals surface area contributed by atoms with Crippen LogP contribution in [0.2, 0.25) is 0 Å². The number of phenolic OH excluding ortho intramolecular Hbond substituents is 1. The van der Waals surface area contributed by atoms with E-state index in [0.29, 0.717) is 12.8 Å². The molecule has 1 aromatic carbocycles. The Labute approximate surface area is 135 Å². The van der Waals surface area contributed by atoms with E-state index in [1.165, 1.54) is 0 Å². The van der Waals surface area contributed by atoms with Crippen molar-refractivity contribution in [2.24, 2.45) is 10.7 Å². The number of amides is 1. The minimum atomic E-state index is -0.278. The third kappa shape index (κ3) is 3.64. The first-order valence-corrected chi connectivity index (χ1v) is 7.92. The van der Waals surface area contributed by atoms with Gasteiger partial charge in [-0.25, -0.2) is 0 Å². The average molecular weight is 314 g/mol. The maximum absolute atomic E-state index is 11.2. The Morgan fingerprint density at radius 2 is 2.26 bits per heavy atom. The first-order valence-electron chi connectivity index (χ1n) is 7.92. The highest BCUT2D eigenvalue weighted by Gasteiger charge is 2.28. The topological polar surface area (TPSA) is 82.2 Å². The summed E-state index contributed by atoms with van der Waals surface area (Å²) < 4.78 is 0. The Balaban J connectivity index is 1.77. The summed E-state index contributed by atoms with van der Waals surface area (Å²) >= 11 is 0. The van der Waals surface area contributed by atoms with E-state index >= 15 is 0 Å². The summed E-state index contributed by atoms with van der Waals surface area (Å²) in [5.74, 6) is -0.0242. The molecule has 2 aliphatic heterocycles. The van der Waals surface area contributed by atoms with Gasteiger partial charge in [0.05, 0.1) is 12.2 Å². The number of hydrogen-bond acceptors (Lipinski definition) is 5. The maximum atomic E-state index is 11.2. The molecule has 3 N–H and O–H groups in total. The van der Waals surface area contributed by atoms with Crippen LogP contribution in [0, 0.1) is 0 Å².